The molecule has 0 radical (unpaired) electrons. The van der Waals surface area contributed by atoms with E-state index in [2.05, 4.69) is 10.3 Å². The minimum atomic E-state index is -1.27. The molecule has 2 aliphatic rings. The predicted octanol–water partition coefficient (Wildman–Crippen LogP) is -0.521. The Kier molecular flexibility index (Phi) is 3.85. The Balaban J connectivity index is 1.61. The molecule has 0 unspecified atom stereocenters. The van der Waals surface area contributed by atoms with Crippen LogP contribution >= 0.6 is 11.3 Å². The van der Waals surface area contributed by atoms with Gasteiger partial charge >= 0.3 is 0 Å². The first-order chi connectivity index (χ1) is 14.0. The van der Waals surface area contributed by atoms with Crippen molar-refractivity contribution in [3.63, 3.8) is 0 Å². The van der Waals surface area contributed by atoms with Crippen molar-refractivity contribution in [2.75, 3.05) is 16.9 Å². The van der Waals surface area contributed by atoms with Gasteiger partial charge in [-0.1, -0.05) is 41.7 Å². The summed E-state index contributed by atoms with van der Waals surface area (Å²) in [5, 5.41) is 13.9. The highest BCUT2D eigenvalue weighted by molar-refractivity contribution is 7.07. The molecule has 0 atom stereocenters. The minimum absolute atomic E-state index is 0.0569. The van der Waals surface area contributed by atoms with E-state index in [4.69, 9.17) is 0 Å². The summed E-state index contributed by atoms with van der Waals surface area (Å²) in [5.41, 5.74) is 2.13. The second-order valence-corrected chi connectivity index (χ2v) is 7.62. The van der Waals surface area contributed by atoms with Crippen LogP contribution in [0.3, 0.4) is 0 Å². The van der Waals surface area contributed by atoms with Gasteiger partial charge in [0, 0.05) is 16.9 Å². The number of para-hydroxylation sites is 1. The molecule has 9 heteroatoms. The lowest BCUT2D eigenvalue weighted by atomic mass is 10.1. The number of nitrogens with one attached hydrogen (secondary N) is 1. The number of carboxylic acid groups (broad SMARTS) is 1. The van der Waals surface area contributed by atoms with Crippen LogP contribution in [0.4, 0.5) is 11.4 Å². The number of carboxylic acids is 1. The highest BCUT2D eigenvalue weighted by Crippen LogP contribution is 2.29. The van der Waals surface area contributed by atoms with Crippen LogP contribution in [0, 0.1) is 0 Å². The van der Waals surface area contributed by atoms with Crippen LogP contribution < -0.4 is 30.2 Å². The number of aromatic carboxylic acids is 1. The average molecular weight is 405 g/mol. The molecule has 0 spiro atoms. The molecule has 1 aromatic heterocycles. The lowest BCUT2D eigenvalue weighted by Crippen LogP contribution is -2.43. The van der Waals surface area contributed by atoms with Gasteiger partial charge < -0.3 is 20.1 Å². The van der Waals surface area contributed by atoms with Crippen molar-refractivity contribution in [1.29, 1.82) is 0 Å². The fourth-order valence-electron chi connectivity index (χ4n) is 3.50. The van der Waals surface area contributed by atoms with Crippen LogP contribution in [0.15, 0.2) is 58.3 Å². The third kappa shape index (κ3) is 2.74. The Hall–Kier alpha value is -3.72. The van der Waals surface area contributed by atoms with E-state index in [0.29, 0.717) is 31.8 Å². The lowest BCUT2D eigenvalue weighted by Gasteiger charge is -2.26. The van der Waals surface area contributed by atoms with Crippen molar-refractivity contribution in [3.05, 3.63) is 79.3 Å². The fraction of sp³-hybridized carbons (Fsp3) is 0.100. The van der Waals surface area contributed by atoms with Crippen LogP contribution in [0.5, 0.6) is 0 Å². The maximum atomic E-state index is 13.1. The van der Waals surface area contributed by atoms with Gasteiger partial charge in [-0.05, 0) is 23.8 Å². The van der Waals surface area contributed by atoms with Crippen LogP contribution in [0.1, 0.15) is 15.9 Å². The summed E-state index contributed by atoms with van der Waals surface area (Å²) in [4.78, 5) is 43.5. The standard InChI is InChI=1S/C20H14N4O4S/c25-17-15(13-6-1-2-7-14(13)22-17)16-18(26)24-10-23(9-21-20(24)29-16)12-5-3-4-11(8-12)19(27)28/h1-8H,9-10H2,(H,22,25)(H,27,28)/p-1/b16-15-. The summed E-state index contributed by atoms with van der Waals surface area (Å²) >= 11 is 1.19. The summed E-state index contributed by atoms with van der Waals surface area (Å²) < 4.78 is 1.84. The Morgan fingerprint density at radius 1 is 1.14 bits per heavy atom. The summed E-state index contributed by atoms with van der Waals surface area (Å²) in [7, 11) is 0. The largest absolute Gasteiger partial charge is 0.545 e. The maximum Gasteiger partial charge on any atom is 0.272 e. The van der Waals surface area contributed by atoms with Gasteiger partial charge in [-0.15, -0.1) is 0 Å². The number of fused-ring (bicyclic) bond motifs is 2. The second kappa shape index (κ2) is 6.42. The molecule has 8 nitrogen and oxygen atoms in total. The molecule has 1 N–H and O–H groups in total. The summed E-state index contributed by atoms with van der Waals surface area (Å²) in [6.07, 6.45) is 0. The van der Waals surface area contributed by atoms with Gasteiger partial charge in [-0.3, -0.25) is 14.2 Å². The number of amides is 1. The number of benzene rings is 2. The Bertz CT molecular complexity index is 1370. The Morgan fingerprint density at radius 3 is 2.79 bits per heavy atom. The monoisotopic (exact) mass is 405 g/mol. The molecule has 1 amide bonds. The molecule has 3 heterocycles. The molecular formula is C20H13N4O4S-. The molecule has 144 valence electrons. The van der Waals surface area contributed by atoms with E-state index in [0.717, 1.165) is 0 Å². The van der Waals surface area contributed by atoms with Gasteiger partial charge in [-0.2, -0.15) is 0 Å². The van der Waals surface area contributed by atoms with E-state index in [1.54, 1.807) is 29.2 Å². The molecule has 5 rings (SSSR count). The minimum Gasteiger partial charge on any atom is -0.545 e. The number of anilines is 2. The Morgan fingerprint density at radius 2 is 1.97 bits per heavy atom. The molecule has 0 fully saturated rings. The van der Waals surface area contributed by atoms with Crippen LogP contribution in [0.25, 0.3) is 5.57 Å². The van der Waals surface area contributed by atoms with Gasteiger partial charge in [0.15, 0.2) is 4.80 Å². The zero-order valence-corrected chi connectivity index (χ0v) is 15.7. The zero-order chi connectivity index (χ0) is 20.1. The molecule has 0 saturated heterocycles. The number of rotatable bonds is 2. The van der Waals surface area contributed by atoms with Gasteiger partial charge in [0.2, 0.25) is 0 Å². The highest BCUT2D eigenvalue weighted by atomic mass is 32.1. The summed E-state index contributed by atoms with van der Waals surface area (Å²) in [6.45, 7) is 0.481. The third-order valence-corrected chi connectivity index (χ3v) is 6.01. The molecular weight excluding hydrogens is 392 g/mol. The van der Waals surface area contributed by atoms with E-state index < -0.39 is 5.97 Å². The van der Waals surface area contributed by atoms with Crippen molar-refractivity contribution in [2.45, 2.75) is 6.67 Å². The first kappa shape index (κ1) is 17.4. The van der Waals surface area contributed by atoms with Gasteiger partial charge in [0.1, 0.15) is 17.9 Å². The molecule has 3 aromatic rings. The normalized spacial score (nSPS) is 16.7. The maximum absolute atomic E-state index is 13.1. The van der Waals surface area contributed by atoms with Crippen molar-refractivity contribution in [2.24, 2.45) is 4.99 Å². The van der Waals surface area contributed by atoms with E-state index in [1.807, 2.05) is 12.1 Å². The zero-order valence-electron chi connectivity index (χ0n) is 14.9. The summed E-state index contributed by atoms with van der Waals surface area (Å²) in [5.74, 6) is -1.57. The van der Waals surface area contributed by atoms with Crippen LogP contribution in [-0.4, -0.2) is 23.1 Å². The lowest BCUT2D eigenvalue weighted by molar-refractivity contribution is -0.255. The molecule has 2 aliphatic heterocycles. The van der Waals surface area contributed by atoms with Crippen molar-refractivity contribution in [3.8, 4) is 0 Å². The van der Waals surface area contributed by atoms with Crippen LogP contribution in [-0.2, 0) is 11.5 Å². The second-order valence-electron chi connectivity index (χ2n) is 6.64. The number of hydrogen-bond acceptors (Lipinski definition) is 7. The Labute approximate surface area is 167 Å². The fourth-order valence-corrected chi connectivity index (χ4v) is 4.55. The molecule has 0 bridgehead atoms. The van der Waals surface area contributed by atoms with Gasteiger partial charge in [0.05, 0.1) is 11.5 Å². The van der Waals surface area contributed by atoms with Gasteiger partial charge in [-0.25, -0.2) is 4.99 Å². The van der Waals surface area contributed by atoms with Crippen molar-refractivity contribution in [1.82, 2.24) is 4.57 Å². The topological polar surface area (TPSA) is 107 Å². The van der Waals surface area contributed by atoms with E-state index in [-0.39, 0.29) is 30.4 Å². The molecule has 0 saturated carbocycles. The number of carbonyl (C=O) groups excluding carboxylic acids is 2. The van der Waals surface area contributed by atoms with E-state index in [1.165, 1.54) is 28.0 Å². The van der Waals surface area contributed by atoms with Crippen molar-refractivity contribution < 1.29 is 14.7 Å². The number of carbonyl (C=O) groups is 2. The van der Waals surface area contributed by atoms with Crippen LogP contribution in [0.2, 0.25) is 0 Å². The third-order valence-electron chi connectivity index (χ3n) is 4.90. The SMILES string of the molecule is O=C1Nc2ccccc2/C1=c1/sc2n(c1=O)CN(c1cccc(C(=O)[O-])c1)CN=2. The molecule has 0 aliphatic carbocycles. The highest BCUT2D eigenvalue weighted by Gasteiger charge is 2.27. The number of thiazole rings is 1. The first-order valence-electron chi connectivity index (χ1n) is 8.78. The van der Waals surface area contributed by atoms with Gasteiger partial charge in [0.25, 0.3) is 11.5 Å². The predicted molar refractivity (Wildman–Crippen MR) is 105 cm³/mol. The molecule has 2 aromatic carbocycles. The molecule has 29 heavy (non-hydrogen) atoms. The smallest absolute Gasteiger partial charge is 0.272 e. The quantitative estimate of drug-likeness (QED) is 0.617. The van der Waals surface area contributed by atoms with E-state index in [9.17, 15) is 19.5 Å². The average Bonchev–Trinajstić information content (AvgIpc) is 3.23. The number of aromatic nitrogens is 1. The number of hydrogen-bond donors (Lipinski definition) is 1. The first-order valence-corrected chi connectivity index (χ1v) is 9.60. The van der Waals surface area contributed by atoms with Crippen molar-refractivity contribution >= 4 is 40.2 Å². The summed E-state index contributed by atoms with van der Waals surface area (Å²) in [6, 6.07) is 13.6. The number of nitrogens with zero attached hydrogens (tertiary/aromatic N) is 3. The van der Waals surface area contributed by atoms with E-state index >= 15 is 0 Å².